The van der Waals surface area contributed by atoms with Crippen LogP contribution in [0.15, 0.2) is 24.4 Å². The number of halogens is 3. The van der Waals surface area contributed by atoms with Crippen molar-refractivity contribution in [1.82, 2.24) is 29.5 Å². The van der Waals surface area contributed by atoms with Crippen molar-refractivity contribution in [2.24, 2.45) is 0 Å². The number of alkyl halides is 3. The Kier molecular flexibility index (Phi) is 8.00. The molecule has 1 aliphatic heterocycles. The van der Waals surface area contributed by atoms with Gasteiger partial charge in [0.15, 0.2) is 5.82 Å². The number of nitrogen functional groups attached to an aromatic ring is 1. The number of rotatable bonds is 9. The largest absolute Gasteiger partial charge is 0.496 e. The molecule has 1 amide bonds. The van der Waals surface area contributed by atoms with Gasteiger partial charge in [-0.2, -0.15) is 23.3 Å². The van der Waals surface area contributed by atoms with Crippen molar-refractivity contribution in [3.63, 3.8) is 0 Å². The van der Waals surface area contributed by atoms with Gasteiger partial charge >= 0.3 is 6.18 Å². The minimum atomic E-state index is -4.25. The Morgan fingerprint density at radius 2 is 1.95 bits per heavy atom. The summed E-state index contributed by atoms with van der Waals surface area (Å²) in [6.07, 6.45) is -0.622. The van der Waals surface area contributed by atoms with E-state index < -0.39 is 12.7 Å². The lowest BCUT2D eigenvalue weighted by molar-refractivity contribution is -0.148. The van der Waals surface area contributed by atoms with Crippen LogP contribution in [0, 0.1) is 0 Å². The molecule has 0 unspecified atom stereocenters. The average molecular weight is 521 g/mol. The third kappa shape index (κ3) is 6.40. The molecule has 1 fully saturated rings. The van der Waals surface area contributed by atoms with Crippen molar-refractivity contribution in [3.05, 3.63) is 35.5 Å². The van der Waals surface area contributed by atoms with Gasteiger partial charge in [0.1, 0.15) is 16.8 Å². The number of piperazine rings is 1. The molecule has 4 rings (SSSR count). The van der Waals surface area contributed by atoms with Crippen LogP contribution in [-0.4, -0.2) is 88.0 Å². The SMILES string of the molecule is CCCCNc1nc(N)nc2cnn(Cc3ccc(C(=O)N4CCN(CC(F)(F)F)CC4)cc3OC)c12. The van der Waals surface area contributed by atoms with E-state index in [1.807, 2.05) is 0 Å². The van der Waals surface area contributed by atoms with E-state index in [1.165, 1.54) is 12.0 Å². The molecule has 0 spiro atoms. The number of fused-ring (bicyclic) bond motifs is 1. The topological polar surface area (TPSA) is 114 Å². The Morgan fingerprint density at radius 3 is 2.62 bits per heavy atom. The monoisotopic (exact) mass is 520 g/mol. The van der Waals surface area contributed by atoms with Gasteiger partial charge in [0.25, 0.3) is 5.91 Å². The molecule has 1 aliphatic rings. The molecule has 0 saturated carbocycles. The standard InChI is InChI=1S/C24H31F3N8O2/c1-3-4-7-29-21-20-18(31-23(28)32-21)13-30-35(20)14-17-6-5-16(12-19(17)37-2)22(36)34-10-8-33(9-11-34)15-24(25,26)27/h5-6,12-13H,3-4,7-11,14-15H2,1-2H3,(H3,28,29,31,32). The summed E-state index contributed by atoms with van der Waals surface area (Å²) in [6.45, 7) is 3.02. The number of aromatic nitrogens is 4. The van der Waals surface area contributed by atoms with Gasteiger partial charge in [-0.15, -0.1) is 0 Å². The van der Waals surface area contributed by atoms with Crippen LogP contribution in [0.2, 0.25) is 0 Å². The fraction of sp³-hybridized carbons (Fsp3) is 0.500. The normalized spacial score (nSPS) is 14.8. The third-order valence-electron chi connectivity index (χ3n) is 6.25. The predicted molar refractivity (Wildman–Crippen MR) is 134 cm³/mol. The quantitative estimate of drug-likeness (QED) is 0.414. The number of benzene rings is 1. The Labute approximate surface area is 212 Å². The second kappa shape index (κ2) is 11.2. The highest BCUT2D eigenvalue weighted by Gasteiger charge is 2.33. The fourth-order valence-corrected chi connectivity index (χ4v) is 4.36. The number of hydrogen-bond acceptors (Lipinski definition) is 8. The lowest BCUT2D eigenvalue weighted by Gasteiger charge is -2.35. The van der Waals surface area contributed by atoms with Gasteiger partial charge in [-0.05, 0) is 18.6 Å². The summed E-state index contributed by atoms with van der Waals surface area (Å²) in [6, 6.07) is 5.14. The number of nitrogens with two attached hydrogens (primary N) is 1. The zero-order valence-electron chi connectivity index (χ0n) is 20.9. The maximum absolute atomic E-state index is 13.0. The molecule has 200 valence electrons. The molecule has 3 heterocycles. The first kappa shape index (κ1) is 26.5. The zero-order valence-corrected chi connectivity index (χ0v) is 20.9. The number of ether oxygens (including phenoxy) is 1. The van der Waals surface area contributed by atoms with E-state index in [0.717, 1.165) is 24.9 Å². The average Bonchev–Trinajstić information content (AvgIpc) is 3.25. The molecular weight excluding hydrogens is 489 g/mol. The van der Waals surface area contributed by atoms with E-state index in [0.29, 0.717) is 34.7 Å². The van der Waals surface area contributed by atoms with Crippen molar-refractivity contribution in [3.8, 4) is 5.75 Å². The Bertz CT molecular complexity index is 1240. The summed E-state index contributed by atoms with van der Waals surface area (Å²) in [5, 5.41) is 7.77. The summed E-state index contributed by atoms with van der Waals surface area (Å²) in [7, 11) is 1.52. The number of unbranched alkanes of at least 4 members (excludes halogenated alkanes) is 1. The first-order chi connectivity index (χ1) is 17.7. The van der Waals surface area contributed by atoms with Gasteiger partial charge in [-0.3, -0.25) is 14.4 Å². The van der Waals surface area contributed by atoms with E-state index >= 15 is 0 Å². The van der Waals surface area contributed by atoms with Crippen molar-refractivity contribution in [2.75, 3.05) is 57.4 Å². The molecule has 0 radical (unpaired) electrons. The van der Waals surface area contributed by atoms with Crippen LogP contribution in [0.25, 0.3) is 11.0 Å². The van der Waals surface area contributed by atoms with Gasteiger partial charge in [0.2, 0.25) is 5.95 Å². The van der Waals surface area contributed by atoms with Gasteiger partial charge < -0.3 is 20.7 Å². The summed E-state index contributed by atoms with van der Waals surface area (Å²) in [5.41, 5.74) is 8.39. The molecule has 1 aromatic carbocycles. The van der Waals surface area contributed by atoms with Gasteiger partial charge in [0, 0.05) is 43.9 Å². The molecule has 2 aromatic heterocycles. The van der Waals surface area contributed by atoms with Crippen LogP contribution >= 0.6 is 0 Å². The maximum atomic E-state index is 13.0. The molecule has 3 aromatic rings. The van der Waals surface area contributed by atoms with Crippen LogP contribution in [-0.2, 0) is 6.54 Å². The van der Waals surface area contributed by atoms with E-state index in [9.17, 15) is 18.0 Å². The first-order valence-corrected chi connectivity index (χ1v) is 12.2. The maximum Gasteiger partial charge on any atom is 0.401 e. The lowest BCUT2D eigenvalue weighted by atomic mass is 10.1. The molecule has 13 heteroatoms. The molecule has 1 saturated heterocycles. The highest BCUT2D eigenvalue weighted by molar-refractivity contribution is 5.95. The second-order valence-corrected chi connectivity index (χ2v) is 8.96. The summed E-state index contributed by atoms with van der Waals surface area (Å²) >= 11 is 0. The number of nitrogens with one attached hydrogen (secondary N) is 1. The molecular formula is C24H31F3N8O2. The van der Waals surface area contributed by atoms with Gasteiger partial charge in [-0.25, -0.2) is 4.98 Å². The van der Waals surface area contributed by atoms with E-state index in [1.54, 1.807) is 34.0 Å². The number of hydrogen-bond donors (Lipinski definition) is 2. The highest BCUT2D eigenvalue weighted by Crippen LogP contribution is 2.27. The summed E-state index contributed by atoms with van der Waals surface area (Å²) in [5.74, 6) is 1.02. The lowest BCUT2D eigenvalue weighted by Crippen LogP contribution is -2.50. The second-order valence-electron chi connectivity index (χ2n) is 8.96. The summed E-state index contributed by atoms with van der Waals surface area (Å²) in [4.78, 5) is 24.5. The smallest absolute Gasteiger partial charge is 0.401 e. The minimum absolute atomic E-state index is 0.158. The van der Waals surface area contributed by atoms with Crippen LogP contribution in [0.1, 0.15) is 35.7 Å². The van der Waals surface area contributed by atoms with E-state index in [-0.39, 0.29) is 38.0 Å². The first-order valence-electron chi connectivity index (χ1n) is 12.2. The molecule has 0 bridgehead atoms. The molecule has 37 heavy (non-hydrogen) atoms. The Balaban J connectivity index is 1.50. The van der Waals surface area contributed by atoms with E-state index in [4.69, 9.17) is 10.5 Å². The van der Waals surface area contributed by atoms with Crippen LogP contribution in [0.4, 0.5) is 24.9 Å². The van der Waals surface area contributed by atoms with Crippen LogP contribution in [0.5, 0.6) is 5.75 Å². The van der Waals surface area contributed by atoms with Gasteiger partial charge in [-0.1, -0.05) is 19.4 Å². The predicted octanol–water partition coefficient (Wildman–Crippen LogP) is 3.00. The number of nitrogens with zero attached hydrogens (tertiary/aromatic N) is 6. The Morgan fingerprint density at radius 1 is 1.19 bits per heavy atom. The number of carbonyl (C=O) groups excluding carboxylic acids is 1. The van der Waals surface area contributed by atoms with Gasteiger partial charge in [0.05, 0.1) is 26.4 Å². The number of amides is 1. The summed E-state index contributed by atoms with van der Waals surface area (Å²) < 4.78 is 45.3. The Hall–Kier alpha value is -3.61. The molecule has 3 N–H and O–H groups in total. The highest BCUT2D eigenvalue weighted by atomic mass is 19.4. The molecule has 10 nitrogen and oxygen atoms in total. The zero-order chi connectivity index (χ0) is 26.6. The van der Waals surface area contributed by atoms with Crippen LogP contribution < -0.4 is 15.8 Å². The van der Waals surface area contributed by atoms with E-state index in [2.05, 4.69) is 27.3 Å². The number of methoxy groups -OCH3 is 1. The minimum Gasteiger partial charge on any atom is -0.496 e. The van der Waals surface area contributed by atoms with Crippen molar-refractivity contribution >= 4 is 28.7 Å². The van der Waals surface area contributed by atoms with Crippen LogP contribution in [0.3, 0.4) is 0 Å². The fourth-order valence-electron chi connectivity index (χ4n) is 4.36. The van der Waals surface area contributed by atoms with Crippen molar-refractivity contribution in [1.29, 1.82) is 0 Å². The van der Waals surface area contributed by atoms with Crippen molar-refractivity contribution in [2.45, 2.75) is 32.5 Å². The molecule has 0 atom stereocenters. The number of anilines is 2. The third-order valence-corrected chi connectivity index (χ3v) is 6.25. The molecule has 0 aliphatic carbocycles. The van der Waals surface area contributed by atoms with Crippen molar-refractivity contribution < 1.29 is 22.7 Å². The number of carbonyl (C=O) groups is 1.